The maximum Gasteiger partial charge on any atom is 0.488 e. The Morgan fingerprint density at radius 2 is 1.62 bits per heavy atom. The normalized spacial score (nSPS) is 10.6. The third-order valence-corrected chi connectivity index (χ3v) is 3.29. The fraction of sp³-hybridized carbons (Fsp3) is 0.0625. The highest BCUT2D eigenvalue weighted by atomic mass is 16.5. The van der Waals surface area contributed by atoms with Gasteiger partial charge in [0.15, 0.2) is 0 Å². The molecule has 1 heterocycles. The lowest BCUT2D eigenvalue weighted by molar-refractivity contribution is 0.306. The van der Waals surface area contributed by atoms with E-state index in [2.05, 4.69) is 4.98 Å². The molecule has 0 saturated carbocycles. The number of fused-ring (bicyclic) bond motifs is 1. The SMILES string of the molecule is OB(O)c1ccc2cc(OCc3ccncc3)ccc2c1. The van der Waals surface area contributed by atoms with Gasteiger partial charge < -0.3 is 14.8 Å². The topological polar surface area (TPSA) is 62.6 Å². The second-order valence-corrected chi connectivity index (χ2v) is 4.79. The zero-order chi connectivity index (χ0) is 14.7. The number of ether oxygens (including phenoxy) is 1. The Morgan fingerprint density at radius 3 is 2.38 bits per heavy atom. The number of hydrogen-bond donors (Lipinski definition) is 2. The predicted molar refractivity (Wildman–Crippen MR) is 82.3 cm³/mol. The molecule has 4 nitrogen and oxygen atoms in total. The van der Waals surface area contributed by atoms with Crippen LogP contribution in [-0.4, -0.2) is 22.2 Å². The zero-order valence-electron chi connectivity index (χ0n) is 11.3. The highest BCUT2D eigenvalue weighted by Gasteiger charge is 2.10. The van der Waals surface area contributed by atoms with E-state index in [0.717, 1.165) is 22.1 Å². The molecular formula is C16H14BNO3. The molecule has 1 aromatic heterocycles. The van der Waals surface area contributed by atoms with Gasteiger partial charge in [-0.3, -0.25) is 4.98 Å². The molecule has 3 aromatic rings. The van der Waals surface area contributed by atoms with E-state index < -0.39 is 7.12 Å². The van der Waals surface area contributed by atoms with Crippen LogP contribution in [0.1, 0.15) is 5.56 Å². The summed E-state index contributed by atoms with van der Waals surface area (Å²) in [6.07, 6.45) is 3.47. The van der Waals surface area contributed by atoms with E-state index in [1.165, 1.54) is 0 Å². The first-order chi connectivity index (χ1) is 10.2. The van der Waals surface area contributed by atoms with Crippen molar-refractivity contribution in [2.75, 3.05) is 0 Å². The fourth-order valence-corrected chi connectivity index (χ4v) is 2.14. The summed E-state index contributed by atoms with van der Waals surface area (Å²) in [5.74, 6) is 0.775. The van der Waals surface area contributed by atoms with Crippen LogP contribution in [-0.2, 0) is 6.61 Å². The zero-order valence-corrected chi connectivity index (χ0v) is 11.3. The molecule has 0 bridgehead atoms. The Bertz CT molecular complexity index is 747. The van der Waals surface area contributed by atoms with E-state index in [9.17, 15) is 10.0 Å². The third kappa shape index (κ3) is 3.21. The summed E-state index contributed by atoms with van der Waals surface area (Å²) in [6.45, 7) is 0.488. The molecule has 3 rings (SSSR count). The van der Waals surface area contributed by atoms with Crippen LogP contribution in [0, 0.1) is 0 Å². The molecule has 0 unspecified atom stereocenters. The molecule has 21 heavy (non-hydrogen) atoms. The van der Waals surface area contributed by atoms with Crippen LogP contribution in [0.15, 0.2) is 60.9 Å². The summed E-state index contributed by atoms with van der Waals surface area (Å²) in [7, 11) is -1.45. The van der Waals surface area contributed by atoms with E-state index in [1.54, 1.807) is 24.5 Å². The number of nitrogens with zero attached hydrogens (tertiary/aromatic N) is 1. The predicted octanol–water partition coefficient (Wildman–Crippen LogP) is 1.49. The van der Waals surface area contributed by atoms with Gasteiger partial charge in [0.05, 0.1) is 0 Å². The highest BCUT2D eigenvalue weighted by molar-refractivity contribution is 6.58. The van der Waals surface area contributed by atoms with Gasteiger partial charge in [-0.2, -0.15) is 0 Å². The summed E-state index contributed by atoms with van der Waals surface area (Å²) in [5, 5.41) is 20.3. The van der Waals surface area contributed by atoms with Crippen LogP contribution in [0.25, 0.3) is 10.8 Å². The maximum absolute atomic E-state index is 9.17. The summed E-state index contributed by atoms with van der Waals surface area (Å²) >= 11 is 0. The first-order valence-corrected chi connectivity index (χ1v) is 6.64. The van der Waals surface area contributed by atoms with E-state index in [4.69, 9.17) is 4.74 Å². The van der Waals surface area contributed by atoms with Crippen LogP contribution >= 0.6 is 0 Å². The molecule has 0 saturated heterocycles. The van der Waals surface area contributed by atoms with Crippen LogP contribution in [0.2, 0.25) is 0 Å². The lowest BCUT2D eigenvalue weighted by Gasteiger charge is -2.08. The number of aromatic nitrogens is 1. The Labute approximate surface area is 122 Å². The van der Waals surface area contributed by atoms with Gasteiger partial charge in [-0.25, -0.2) is 0 Å². The summed E-state index contributed by atoms with van der Waals surface area (Å²) in [6, 6.07) is 14.8. The molecule has 0 radical (unpaired) electrons. The number of rotatable bonds is 4. The van der Waals surface area contributed by atoms with Gasteiger partial charge in [0, 0.05) is 12.4 Å². The van der Waals surface area contributed by atoms with Gasteiger partial charge in [0.2, 0.25) is 0 Å². The van der Waals surface area contributed by atoms with Crippen molar-refractivity contribution in [2.24, 2.45) is 0 Å². The number of hydrogen-bond acceptors (Lipinski definition) is 4. The van der Waals surface area contributed by atoms with Gasteiger partial charge in [-0.15, -0.1) is 0 Å². The van der Waals surface area contributed by atoms with Crippen molar-refractivity contribution in [3.63, 3.8) is 0 Å². The fourth-order valence-electron chi connectivity index (χ4n) is 2.14. The molecule has 2 aromatic carbocycles. The van der Waals surface area contributed by atoms with E-state index >= 15 is 0 Å². The van der Waals surface area contributed by atoms with Gasteiger partial charge in [0.25, 0.3) is 0 Å². The number of pyridine rings is 1. The van der Waals surface area contributed by atoms with Crippen molar-refractivity contribution in [2.45, 2.75) is 6.61 Å². The van der Waals surface area contributed by atoms with Crippen molar-refractivity contribution < 1.29 is 14.8 Å². The van der Waals surface area contributed by atoms with Gasteiger partial charge in [0.1, 0.15) is 12.4 Å². The first kappa shape index (κ1) is 13.6. The van der Waals surface area contributed by atoms with Gasteiger partial charge in [-0.1, -0.05) is 24.3 Å². The largest absolute Gasteiger partial charge is 0.489 e. The van der Waals surface area contributed by atoms with Crippen LogP contribution in [0.4, 0.5) is 0 Å². The maximum atomic E-state index is 9.17. The monoisotopic (exact) mass is 279 g/mol. The second-order valence-electron chi connectivity index (χ2n) is 4.79. The molecule has 0 aliphatic rings. The smallest absolute Gasteiger partial charge is 0.488 e. The molecule has 0 fully saturated rings. The minimum atomic E-state index is -1.45. The molecule has 0 spiro atoms. The molecule has 2 N–H and O–H groups in total. The Hall–Kier alpha value is -2.37. The van der Waals surface area contributed by atoms with Crippen LogP contribution < -0.4 is 10.2 Å². The van der Waals surface area contributed by atoms with Gasteiger partial charge in [-0.05, 0) is 46.1 Å². The molecule has 0 aliphatic carbocycles. The van der Waals surface area contributed by atoms with Crippen molar-refractivity contribution in [3.8, 4) is 5.75 Å². The van der Waals surface area contributed by atoms with Crippen LogP contribution in [0.5, 0.6) is 5.75 Å². The van der Waals surface area contributed by atoms with Crippen molar-refractivity contribution in [1.82, 2.24) is 4.98 Å². The minimum absolute atomic E-state index is 0.480. The number of benzene rings is 2. The molecule has 0 aliphatic heterocycles. The average Bonchev–Trinajstić information content (AvgIpc) is 2.53. The first-order valence-electron chi connectivity index (χ1n) is 6.64. The summed E-state index contributed by atoms with van der Waals surface area (Å²) in [5.41, 5.74) is 1.54. The summed E-state index contributed by atoms with van der Waals surface area (Å²) in [4.78, 5) is 3.97. The van der Waals surface area contributed by atoms with Crippen molar-refractivity contribution in [3.05, 3.63) is 66.5 Å². The summed E-state index contributed by atoms with van der Waals surface area (Å²) < 4.78 is 5.75. The average molecular weight is 279 g/mol. The van der Waals surface area contributed by atoms with Crippen molar-refractivity contribution in [1.29, 1.82) is 0 Å². The molecule has 5 heteroatoms. The minimum Gasteiger partial charge on any atom is -0.489 e. The Balaban J connectivity index is 1.79. The highest BCUT2D eigenvalue weighted by Crippen LogP contribution is 2.21. The second kappa shape index (κ2) is 5.95. The molecular weight excluding hydrogens is 265 g/mol. The van der Waals surface area contributed by atoms with Crippen molar-refractivity contribution >= 4 is 23.4 Å². The van der Waals surface area contributed by atoms with Gasteiger partial charge >= 0.3 is 7.12 Å². The lowest BCUT2D eigenvalue weighted by Crippen LogP contribution is -2.29. The third-order valence-electron chi connectivity index (χ3n) is 3.29. The lowest BCUT2D eigenvalue weighted by atomic mass is 9.79. The molecule has 0 amide bonds. The van der Waals surface area contributed by atoms with E-state index in [0.29, 0.717) is 12.1 Å². The Morgan fingerprint density at radius 1 is 0.905 bits per heavy atom. The van der Waals surface area contributed by atoms with E-state index in [-0.39, 0.29) is 0 Å². The quantitative estimate of drug-likeness (QED) is 0.710. The molecule has 0 atom stereocenters. The van der Waals surface area contributed by atoms with E-state index in [1.807, 2.05) is 36.4 Å². The Kier molecular flexibility index (Phi) is 3.86. The molecule has 104 valence electrons. The van der Waals surface area contributed by atoms with Crippen LogP contribution in [0.3, 0.4) is 0 Å². The standard InChI is InChI=1S/C16H14BNO3/c19-17(20)15-3-1-14-10-16(4-2-13(14)9-15)21-11-12-5-7-18-8-6-12/h1-10,19-20H,11H2.